The third-order valence-corrected chi connectivity index (χ3v) is 3.01. The lowest BCUT2D eigenvalue weighted by Crippen LogP contribution is -2.42. The van der Waals surface area contributed by atoms with Crippen LogP contribution in [0.1, 0.15) is 31.1 Å². The molecule has 110 valence electrons. The molecule has 1 atom stereocenters. The molecule has 0 saturated heterocycles. The zero-order chi connectivity index (χ0) is 15.7. The molecule has 0 aromatic heterocycles. The molecular formula is C12H15FN2O5. The molecule has 7 nitrogen and oxygen atoms in total. The van der Waals surface area contributed by atoms with Crippen molar-refractivity contribution in [3.8, 4) is 0 Å². The molecule has 0 aliphatic rings. The fraction of sp³-hybridized carbons (Fsp3) is 0.417. The Kier molecular flexibility index (Phi) is 4.29. The molecule has 1 aromatic carbocycles. The Hall–Kier alpha value is -2.22. The monoisotopic (exact) mass is 286 g/mol. The van der Waals surface area contributed by atoms with Crippen molar-refractivity contribution < 1.29 is 24.3 Å². The second-order valence-corrected chi connectivity index (χ2v) is 4.93. The van der Waals surface area contributed by atoms with Crippen molar-refractivity contribution >= 4 is 17.3 Å². The zero-order valence-electron chi connectivity index (χ0n) is 11.2. The SMILES string of the molecule is CC(O)C(C)(C)Nc1cc(F)c(C(=O)O)cc1[N+](=O)[O-]. The second kappa shape index (κ2) is 5.41. The third kappa shape index (κ3) is 3.21. The first-order chi connectivity index (χ1) is 9.06. The molecule has 0 amide bonds. The van der Waals surface area contributed by atoms with Gasteiger partial charge in [0.25, 0.3) is 5.69 Å². The average molecular weight is 286 g/mol. The van der Waals surface area contributed by atoms with E-state index in [0.717, 1.165) is 6.07 Å². The number of hydrogen-bond donors (Lipinski definition) is 3. The highest BCUT2D eigenvalue weighted by molar-refractivity contribution is 5.90. The normalized spacial score (nSPS) is 12.8. The van der Waals surface area contributed by atoms with E-state index in [9.17, 15) is 24.4 Å². The Morgan fingerprint density at radius 3 is 2.45 bits per heavy atom. The van der Waals surface area contributed by atoms with Gasteiger partial charge in [-0.3, -0.25) is 10.1 Å². The second-order valence-electron chi connectivity index (χ2n) is 4.93. The predicted molar refractivity (Wildman–Crippen MR) is 69.4 cm³/mol. The van der Waals surface area contributed by atoms with Crippen molar-refractivity contribution in [2.75, 3.05) is 5.32 Å². The van der Waals surface area contributed by atoms with Crippen molar-refractivity contribution in [1.29, 1.82) is 0 Å². The van der Waals surface area contributed by atoms with Gasteiger partial charge in [0.1, 0.15) is 17.1 Å². The van der Waals surface area contributed by atoms with Gasteiger partial charge in [-0.2, -0.15) is 0 Å². The number of anilines is 1. The number of carboxylic acid groups (broad SMARTS) is 1. The minimum absolute atomic E-state index is 0.191. The quantitative estimate of drug-likeness (QED) is 0.563. The van der Waals surface area contributed by atoms with Gasteiger partial charge in [-0.15, -0.1) is 0 Å². The molecule has 0 aliphatic carbocycles. The number of rotatable bonds is 5. The molecular weight excluding hydrogens is 271 g/mol. The van der Waals surface area contributed by atoms with Crippen LogP contribution in [0.5, 0.6) is 0 Å². The molecule has 8 heteroatoms. The third-order valence-electron chi connectivity index (χ3n) is 3.01. The van der Waals surface area contributed by atoms with Gasteiger partial charge in [0.05, 0.1) is 16.6 Å². The number of nitrogens with one attached hydrogen (secondary N) is 1. The molecule has 0 radical (unpaired) electrons. The van der Waals surface area contributed by atoms with Gasteiger partial charge < -0.3 is 15.5 Å². The molecule has 0 spiro atoms. The summed E-state index contributed by atoms with van der Waals surface area (Å²) in [5.74, 6) is -2.68. The van der Waals surface area contributed by atoms with E-state index in [2.05, 4.69) is 5.32 Å². The molecule has 20 heavy (non-hydrogen) atoms. The minimum Gasteiger partial charge on any atom is -0.478 e. The highest BCUT2D eigenvalue weighted by Crippen LogP contribution is 2.31. The lowest BCUT2D eigenvalue weighted by atomic mass is 9.98. The molecule has 0 fully saturated rings. The first kappa shape index (κ1) is 15.8. The number of aliphatic hydroxyl groups is 1. The van der Waals surface area contributed by atoms with Crippen LogP contribution in [0.25, 0.3) is 0 Å². The number of carbonyl (C=O) groups is 1. The first-order valence-corrected chi connectivity index (χ1v) is 5.73. The van der Waals surface area contributed by atoms with E-state index in [0.29, 0.717) is 6.07 Å². The van der Waals surface area contributed by atoms with Crippen molar-refractivity contribution in [1.82, 2.24) is 0 Å². The first-order valence-electron chi connectivity index (χ1n) is 5.73. The van der Waals surface area contributed by atoms with Crippen molar-refractivity contribution in [3.05, 3.63) is 33.6 Å². The fourth-order valence-electron chi connectivity index (χ4n) is 1.43. The van der Waals surface area contributed by atoms with Gasteiger partial charge in [-0.1, -0.05) is 0 Å². The summed E-state index contributed by atoms with van der Waals surface area (Å²) in [5.41, 5.74) is -2.50. The number of carboxylic acids is 1. The lowest BCUT2D eigenvalue weighted by Gasteiger charge is -2.30. The number of aromatic carboxylic acids is 1. The molecule has 0 bridgehead atoms. The number of nitrogens with zero attached hydrogens (tertiary/aromatic N) is 1. The van der Waals surface area contributed by atoms with Crippen LogP contribution in [0.4, 0.5) is 15.8 Å². The van der Waals surface area contributed by atoms with E-state index >= 15 is 0 Å². The number of halogens is 1. The minimum atomic E-state index is -1.59. The van der Waals surface area contributed by atoms with Crippen LogP contribution in [0.2, 0.25) is 0 Å². The summed E-state index contributed by atoms with van der Waals surface area (Å²) in [7, 11) is 0. The Morgan fingerprint density at radius 1 is 1.50 bits per heavy atom. The molecule has 1 unspecified atom stereocenters. The highest BCUT2D eigenvalue weighted by Gasteiger charge is 2.29. The maximum atomic E-state index is 13.6. The zero-order valence-corrected chi connectivity index (χ0v) is 11.2. The van der Waals surface area contributed by atoms with Gasteiger partial charge in [0.15, 0.2) is 0 Å². The topological polar surface area (TPSA) is 113 Å². The van der Waals surface area contributed by atoms with E-state index < -0.39 is 39.6 Å². The van der Waals surface area contributed by atoms with Gasteiger partial charge in [-0.05, 0) is 20.8 Å². The average Bonchev–Trinajstić information content (AvgIpc) is 2.27. The molecule has 1 rings (SSSR count). The van der Waals surface area contributed by atoms with Gasteiger partial charge in [0, 0.05) is 12.1 Å². The Morgan fingerprint density at radius 2 is 2.05 bits per heavy atom. The van der Waals surface area contributed by atoms with E-state index in [1.54, 1.807) is 13.8 Å². The predicted octanol–water partition coefficient (Wildman–Crippen LogP) is 2.00. The molecule has 0 heterocycles. The fourth-order valence-corrected chi connectivity index (χ4v) is 1.43. The lowest BCUT2D eigenvalue weighted by molar-refractivity contribution is -0.384. The Balaban J connectivity index is 3.36. The summed E-state index contributed by atoms with van der Waals surface area (Å²) in [6.07, 6.45) is -0.871. The van der Waals surface area contributed by atoms with Crippen LogP contribution in [-0.4, -0.2) is 32.7 Å². The summed E-state index contributed by atoms with van der Waals surface area (Å²) < 4.78 is 13.6. The summed E-state index contributed by atoms with van der Waals surface area (Å²) in [6, 6.07) is 1.39. The number of aliphatic hydroxyl groups excluding tert-OH is 1. The van der Waals surface area contributed by atoms with E-state index in [-0.39, 0.29) is 5.69 Å². The highest BCUT2D eigenvalue weighted by atomic mass is 19.1. The van der Waals surface area contributed by atoms with Crippen LogP contribution < -0.4 is 5.32 Å². The summed E-state index contributed by atoms with van der Waals surface area (Å²) >= 11 is 0. The maximum absolute atomic E-state index is 13.6. The molecule has 0 aliphatic heterocycles. The van der Waals surface area contributed by atoms with Crippen LogP contribution in [-0.2, 0) is 0 Å². The van der Waals surface area contributed by atoms with Gasteiger partial charge >= 0.3 is 5.97 Å². The van der Waals surface area contributed by atoms with E-state index in [4.69, 9.17) is 5.11 Å². The van der Waals surface area contributed by atoms with Crippen LogP contribution in [0.3, 0.4) is 0 Å². The van der Waals surface area contributed by atoms with Gasteiger partial charge in [0.2, 0.25) is 0 Å². The summed E-state index contributed by atoms with van der Waals surface area (Å²) in [5, 5.41) is 31.9. The van der Waals surface area contributed by atoms with E-state index in [1.807, 2.05) is 0 Å². The number of nitro benzene ring substituents is 1. The Bertz CT molecular complexity index is 557. The molecule has 3 N–H and O–H groups in total. The number of benzene rings is 1. The number of hydrogen-bond acceptors (Lipinski definition) is 5. The van der Waals surface area contributed by atoms with Crippen molar-refractivity contribution in [2.45, 2.75) is 32.4 Å². The van der Waals surface area contributed by atoms with Crippen molar-refractivity contribution in [3.63, 3.8) is 0 Å². The molecule has 1 aromatic rings. The maximum Gasteiger partial charge on any atom is 0.338 e. The summed E-state index contributed by atoms with van der Waals surface area (Å²) in [6.45, 7) is 4.62. The van der Waals surface area contributed by atoms with Crippen LogP contribution in [0, 0.1) is 15.9 Å². The number of nitro groups is 1. The van der Waals surface area contributed by atoms with Gasteiger partial charge in [-0.25, -0.2) is 9.18 Å². The van der Waals surface area contributed by atoms with Crippen LogP contribution >= 0.6 is 0 Å². The molecule has 0 saturated carbocycles. The van der Waals surface area contributed by atoms with Crippen molar-refractivity contribution in [2.24, 2.45) is 0 Å². The standard InChI is InChI=1S/C12H15FN2O5/c1-6(16)12(2,3)14-9-5-8(13)7(11(17)18)4-10(9)15(19)20/h4-6,14,16H,1-3H3,(H,17,18). The Labute approximate surface area is 114 Å². The summed E-state index contributed by atoms with van der Waals surface area (Å²) in [4.78, 5) is 20.9. The largest absolute Gasteiger partial charge is 0.478 e. The smallest absolute Gasteiger partial charge is 0.338 e. The van der Waals surface area contributed by atoms with Crippen LogP contribution in [0.15, 0.2) is 12.1 Å². The van der Waals surface area contributed by atoms with E-state index in [1.165, 1.54) is 6.92 Å².